The van der Waals surface area contributed by atoms with Gasteiger partial charge in [-0.05, 0) is 75.8 Å². The van der Waals surface area contributed by atoms with Crippen LogP contribution in [0, 0.1) is 6.92 Å². The Morgan fingerprint density at radius 2 is 1.48 bits per heavy atom. The molecule has 0 fully saturated rings. The summed E-state index contributed by atoms with van der Waals surface area (Å²) in [6, 6.07) is 22.7. The highest BCUT2D eigenvalue weighted by atomic mass is 16.6. The Labute approximate surface area is 250 Å². The van der Waals surface area contributed by atoms with E-state index in [0.29, 0.717) is 17.7 Å². The largest absolute Gasteiger partial charge is 0.444 e. The standard InChI is InChI=1S/C35H45N3O4/c1-8-25(4)38(33(40)30(23-27-16-11-10-12-17-27)37-34(41)42-35(5,6)7)31(28-21-19-26(9-2)20-22-28)32(39)36-29-18-14-13-15-24(29)3/h10-22,25,30-31H,8-9,23H2,1-7H3,(H,36,39)(H,37,41). The molecule has 0 aliphatic rings. The molecule has 42 heavy (non-hydrogen) atoms. The van der Waals surface area contributed by atoms with Crippen LogP contribution in [0.25, 0.3) is 0 Å². The van der Waals surface area contributed by atoms with Crippen LogP contribution in [0.5, 0.6) is 0 Å². The number of carbonyl (C=O) groups excluding carboxylic acids is 3. The summed E-state index contributed by atoms with van der Waals surface area (Å²) in [5.74, 6) is -0.679. The van der Waals surface area contributed by atoms with Crippen molar-refractivity contribution in [3.05, 3.63) is 101 Å². The van der Waals surface area contributed by atoms with Crippen molar-refractivity contribution in [3.63, 3.8) is 0 Å². The number of amides is 3. The molecule has 0 heterocycles. The van der Waals surface area contributed by atoms with Crippen molar-refractivity contribution < 1.29 is 19.1 Å². The fraction of sp³-hybridized carbons (Fsp3) is 0.400. The van der Waals surface area contributed by atoms with Gasteiger partial charge in [0.1, 0.15) is 17.7 Å². The molecule has 3 aromatic rings. The van der Waals surface area contributed by atoms with Gasteiger partial charge in [-0.25, -0.2) is 4.79 Å². The molecule has 2 N–H and O–H groups in total. The number of rotatable bonds is 11. The van der Waals surface area contributed by atoms with E-state index in [2.05, 4.69) is 17.6 Å². The molecule has 0 saturated heterocycles. The Hall–Kier alpha value is -4.13. The van der Waals surface area contributed by atoms with E-state index in [0.717, 1.165) is 23.1 Å². The zero-order valence-electron chi connectivity index (χ0n) is 25.9. The van der Waals surface area contributed by atoms with Gasteiger partial charge in [0.15, 0.2) is 0 Å². The summed E-state index contributed by atoms with van der Waals surface area (Å²) in [7, 11) is 0. The van der Waals surface area contributed by atoms with Crippen LogP contribution in [0.1, 0.15) is 76.3 Å². The van der Waals surface area contributed by atoms with Gasteiger partial charge in [0.25, 0.3) is 5.91 Å². The van der Waals surface area contributed by atoms with Gasteiger partial charge in [-0.3, -0.25) is 9.59 Å². The van der Waals surface area contributed by atoms with Crippen molar-refractivity contribution in [2.45, 2.75) is 91.5 Å². The van der Waals surface area contributed by atoms with E-state index in [-0.39, 0.29) is 24.3 Å². The highest BCUT2D eigenvalue weighted by Crippen LogP contribution is 2.29. The fourth-order valence-corrected chi connectivity index (χ4v) is 4.76. The number of para-hydroxylation sites is 1. The van der Waals surface area contributed by atoms with Crippen LogP contribution < -0.4 is 10.6 Å². The van der Waals surface area contributed by atoms with Gasteiger partial charge in [-0.1, -0.05) is 86.6 Å². The average molecular weight is 572 g/mol. The predicted molar refractivity (Wildman–Crippen MR) is 168 cm³/mol. The van der Waals surface area contributed by atoms with Crippen molar-refractivity contribution >= 4 is 23.6 Å². The van der Waals surface area contributed by atoms with Gasteiger partial charge in [0.2, 0.25) is 5.91 Å². The predicted octanol–water partition coefficient (Wildman–Crippen LogP) is 7.00. The van der Waals surface area contributed by atoms with E-state index in [1.54, 1.807) is 25.7 Å². The van der Waals surface area contributed by atoms with Crippen molar-refractivity contribution in [3.8, 4) is 0 Å². The van der Waals surface area contributed by atoms with Crippen LogP contribution in [0.3, 0.4) is 0 Å². The van der Waals surface area contributed by atoms with Crippen LogP contribution in [0.4, 0.5) is 10.5 Å². The molecule has 0 spiro atoms. The van der Waals surface area contributed by atoms with Crippen molar-refractivity contribution in [1.82, 2.24) is 10.2 Å². The zero-order chi connectivity index (χ0) is 30.9. The number of hydrogen-bond donors (Lipinski definition) is 2. The number of nitrogens with zero attached hydrogens (tertiary/aromatic N) is 1. The number of ether oxygens (including phenoxy) is 1. The Balaban J connectivity index is 2.09. The maximum absolute atomic E-state index is 14.6. The SMILES string of the molecule is CCc1ccc(C(C(=O)Nc2ccccc2C)N(C(=O)C(Cc2ccccc2)NC(=O)OC(C)(C)C)C(C)CC)cc1. The minimum absolute atomic E-state index is 0.243. The first kappa shape index (κ1) is 32.4. The number of nitrogens with one attached hydrogen (secondary N) is 2. The lowest BCUT2D eigenvalue weighted by atomic mass is 9.96. The van der Waals surface area contributed by atoms with Crippen molar-refractivity contribution in [2.24, 2.45) is 0 Å². The third kappa shape index (κ3) is 8.93. The van der Waals surface area contributed by atoms with E-state index >= 15 is 0 Å². The molecule has 7 nitrogen and oxygen atoms in total. The lowest BCUT2D eigenvalue weighted by Crippen LogP contribution is -2.55. The van der Waals surface area contributed by atoms with E-state index in [1.807, 2.05) is 99.6 Å². The summed E-state index contributed by atoms with van der Waals surface area (Å²) >= 11 is 0. The topological polar surface area (TPSA) is 87.7 Å². The van der Waals surface area contributed by atoms with Crippen LogP contribution in [0.2, 0.25) is 0 Å². The second kappa shape index (κ2) is 14.7. The maximum Gasteiger partial charge on any atom is 0.408 e. The molecule has 0 bridgehead atoms. The average Bonchev–Trinajstić information content (AvgIpc) is 2.95. The molecule has 0 aliphatic heterocycles. The van der Waals surface area contributed by atoms with Crippen LogP contribution in [-0.2, 0) is 27.2 Å². The van der Waals surface area contributed by atoms with Gasteiger partial charge in [-0.2, -0.15) is 0 Å². The number of carbonyl (C=O) groups is 3. The van der Waals surface area contributed by atoms with Crippen molar-refractivity contribution in [2.75, 3.05) is 5.32 Å². The fourth-order valence-electron chi connectivity index (χ4n) is 4.76. The lowest BCUT2D eigenvalue weighted by molar-refractivity contribution is -0.143. The molecular formula is C35H45N3O4. The Morgan fingerprint density at radius 1 is 0.857 bits per heavy atom. The normalized spacial score (nSPS) is 13.4. The zero-order valence-corrected chi connectivity index (χ0v) is 25.9. The molecule has 3 amide bonds. The summed E-state index contributed by atoms with van der Waals surface area (Å²) in [4.78, 5) is 43.3. The molecular weight excluding hydrogens is 526 g/mol. The smallest absolute Gasteiger partial charge is 0.408 e. The molecule has 0 saturated carbocycles. The summed E-state index contributed by atoms with van der Waals surface area (Å²) in [6.07, 6.45) is 1.02. The lowest BCUT2D eigenvalue weighted by Gasteiger charge is -2.38. The maximum atomic E-state index is 14.6. The van der Waals surface area contributed by atoms with Crippen LogP contribution >= 0.6 is 0 Å². The second-order valence-electron chi connectivity index (χ2n) is 11.7. The molecule has 3 unspecified atom stereocenters. The Morgan fingerprint density at radius 3 is 2.05 bits per heavy atom. The van der Waals surface area contributed by atoms with E-state index in [1.165, 1.54) is 0 Å². The summed E-state index contributed by atoms with van der Waals surface area (Å²) in [6.45, 7) is 13.2. The number of aryl methyl sites for hydroxylation is 2. The van der Waals surface area contributed by atoms with Crippen molar-refractivity contribution in [1.29, 1.82) is 0 Å². The van der Waals surface area contributed by atoms with Gasteiger partial charge < -0.3 is 20.3 Å². The van der Waals surface area contributed by atoms with Gasteiger partial charge in [-0.15, -0.1) is 0 Å². The second-order valence-corrected chi connectivity index (χ2v) is 11.7. The molecule has 0 radical (unpaired) electrons. The third-order valence-corrected chi connectivity index (χ3v) is 7.23. The Kier molecular flexibility index (Phi) is 11.3. The first-order chi connectivity index (χ1) is 19.9. The van der Waals surface area contributed by atoms with E-state index in [4.69, 9.17) is 4.74 Å². The first-order valence-electron chi connectivity index (χ1n) is 14.7. The minimum atomic E-state index is -0.958. The first-order valence-corrected chi connectivity index (χ1v) is 14.7. The number of benzene rings is 3. The molecule has 3 rings (SSSR count). The quantitative estimate of drug-likeness (QED) is 0.259. The van der Waals surface area contributed by atoms with Gasteiger partial charge in [0.05, 0.1) is 0 Å². The molecule has 3 aromatic carbocycles. The van der Waals surface area contributed by atoms with Crippen LogP contribution in [-0.4, -0.2) is 40.5 Å². The third-order valence-electron chi connectivity index (χ3n) is 7.23. The molecule has 3 atom stereocenters. The highest BCUT2D eigenvalue weighted by Gasteiger charge is 2.38. The number of hydrogen-bond acceptors (Lipinski definition) is 4. The monoisotopic (exact) mass is 571 g/mol. The molecule has 224 valence electrons. The molecule has 0 aromatic heterocycles. The molecule has 7 heteroatoms. The Bertz CT molecular complexity index is 1330. The van der Waals surface area contributed by atoms with Crippen LogP contribution in [0.15, 0.2) is 78.9 Å². The van der Waals surface area contributed by atoms with E-state index < -0.39 is 23.8 Å². The minimum Gasteiger partial charge on any atom is -0.444 e. The highest BCUT2D eigenvalue weighted by molar-refractivity contribution is 5.99. The van der Waals surface area contributed by atoms with E-state index in [9.17, 15) is 14.4 Å². The summed E-state index contributed by atoms with van der Waals surface area (Å²) in [5.41, 5.74) is 3.57. The van der Waals surface area contributed by atoms with Gasteiger partial charge >= 0.3 is 6.09 Å². The number of anilines is 1. The molecule has 0 aliphatic carbocycles. The summed E-state index contributed by atoms with van der Waals surface area (Å²) in [5, 5.41) is 5.89. The van der Waals surface area contributed by atoms with Gasteiger partial charge in [0, 0.05) is 18.2 Å². The summed E-state index contributed by atoms with van der Waals surface area (Å²) < 4.78 is 5.53. The number of alkyl carbamates (subject to hydrolysis) is 1.